The monoisotopic (exact) mass is 338 g/mol. The number of carbonyl (C=O) groups is 1. The Balaban J connectivity index is 1.82. The van der Waals surface area contributed by atoms with Crippen molar-refractivity contribution in [3.8, 4) is 0 Å². The van der Waals surface area contributed by atoms with Gasteiger partial charge in [0, 0.05) is 10.9 Å². The molecule has 20 heavy (non-hydrogen) atoms. The van der Waals surface area contributed by atoms with Gasteiger partial charge >= 0.3 is 0 Å². The number of hydrogen-bond donors (Lipinski definition) is 2. The van der Waals surface area contributed by atoms with Gasteiger partial charge in [0.25, 0.3) is 0 Å². The minimum atomic E-state index is 0.123. The lowest BCUT2D eigenvalue weighted by Gasteiger charge is -2.18. The molecule has 110 valence electrons. The molecule has 2 rings (SSSR count). The molecule has 1 aromatic carbocycles. The Hall–Kier alpha value is -0.870. The fraction of sp³-hybridized carbons (Fsp3) is 0.562. The van der Waals surface area contributed by atoms with Crippen molar-refractivity contribution in [3.63, 3.8) is 0 Å². The van der Waals surface area contributed by atoms with E-state index in [2.05, 4.69) is 45.6 Å². The van der Waals surface area contributed by atoms with Gasteiger partial charge in [0.1, 0.15) is 0 Å². The Morgan fingerprint density at radius 1 is 1.45 bits per heavy atom. The number of nitrogens with one attached hydrogen (secondary N) is 2. The summed E-state index contributed by atoms with van der Waals surface area (Å²) in [4.78, 5) is 12.1. The van der Waals surface area contributed by atoms with Gasteiger partial charge in [-0.2, -0.15) is 0 Å². The fourth-order valence-electron chi connectivity index (χ4n) is 2.68. The van der Waals surface area contributed by atoms with E-state index >= 15 is 0 Å². The average Bonchev–Trinajstić information content (AvgIpc) is 2.97. The van der Waals surface area contributed by atoms with E-state index in [1.807, 2.05) is 12.1 Å². The Bertz CT molecular complexity index is 427. The maximum Gasteiger partial charge on any atom is 0.220 e. The quantitative estimate of drug-likeness (QED) is 0.834. The lowest BCUT2D eigenvalue weighted by atomic mass is 10.0. The van der Waals surface area contributed by atoms with Crippen LogP contribution < -0.4 is 10.6 Å². The van der Waals surface area contributed by atoms with Gasteiger partial charge < -0.3 is 10.6 Å². The van der Waals surface area contributed by atoms with Crippen molar-refractivity contribution in [1.82, 2.24) is 10.6 Å². The molecule has 0 aliphatic carbocycles. The second-order valence-electron chi connectivity index (χ2n) is 5.48. The Kier molecular flexibility index (Phi) is 6.05. The van der Waals surface area contributed by atoms with Crippen LogP contribution >= 0.6 is 15.9 Å². The summed E-state index contributed by atoms with van der Waals surface area (Å²) in [5.74, 6) is 0.847. The highest BCUT2D eigenvalue weighted by Crippen LogP contribution is 2.20. The minimum absolute atomic E-state index is 0.123. The second kappa shape index (κ2) is 7.79. The van der Waals surface area contributed by atoms with Crippen LogP contribution in [0, 0.1) is 5.92 Å². The highest BCUT2D eigenvalue weighted by atomic mass is 79.9. The van der Waals surface area contributed by atoms with Crippen molar-refractivity contribution >= 4 is 21.8 Å². The zero-order valence-corrected chi connectivity index (χ0v) is 13.6. The van der Waals surface area contributed by atoms with E-state index in [1.165, 1.54) is 12.0 Å². The van der Waals surface area contributed by atoms with E-state index in [0.29, 0.717) is 12.3 Å². The molecule has 1 amide bonds. The number of hydrogen-bond acceptors (Lipinski definition) is 2. The van der Waals surface area contributed by atoms with Crippen LogP contribution in [0.2, 0.25) is 0 Å². The Labute approximate surface area is 129 Å². The molecule has 0 saturated carbocycles. The minimum Gasteiger partial charge on any atom is -0.349 e. The first-order valence-electron chi connectivity index (χ1n) is 7.44. The van der Waals surface area contributed by atoms with Crippen molar-refractivity contribution in [1.29, 1.82) is 0 Å². The number of rotatable bonds is 6. The number of carbonyl (C=O) groups excluding carboxylic acids is 1. The molecule has 0 spiro atoms. The lowest BCUT2D eigenvalue weighted by Crippen LogP contribution is -2.28. The van der Waals surface area contributed by atoms with Crippen molar-refractivity contribution in [2.45, 2.75) is 38.6 Å². The molecular weight excluding hydrogens is 316 g/mol. The van der Waals surface area contributed by atoms with Crippen LogP contribution in [0.3, 0.4) is 0 Å². The van der Waals surface area contributed by atoms with Gasteiger partial charge in [-0.25, -0.2) is 0 Å². The third-order valence-corrected chi connectivity index (χ3v) is 4.49. The molecule has 1 aromatic rings. The van der Waals surface area contributed by atoms with Crippen LogP contribution in [-0.4, -0.2) is 19.0 Å². The SMILES string of the molecule is CCC(NC(=O)CCC1CCNC1)c1ccc(Br)cc1. The summed E-state index contributed by atoms with van der Waals surface area (Å²) in [6.07, 6.45) is 3.75. The normalized spacial score (nSPS) is 19.8. The first-order valence-corrected chi connectivity index (χ1v) is 8.24. The van der Waals surface area contributed by atoms with Crippen LogP contribution in [-0.2, 0) is 4.79 Å². The van der Waals surface area contributed by atoms with Crippen molar-refractivity contribution in [2.75, 3.05) is 13.1 Å². The summed E-state index contributed by atoms with van der Waals surface area (Å²) in [5, 5.41) is 6.49. The second-order valence-corrected chi connectivity index (χ2v) is 6.39. The largest absolute Gasteiger partial charge is 0.349 e. The smallest absolute Gasteiger partial charge is 0.220 e. The van der Waals surface area contributed by atoms with Gasteiger partial charge in [0.2, 0.25) is 5.91 Å². The molecule has 4 heteroatoms. The molecule has 1 aliphatic heterocycles. The Morgan fingerprint density at radius 3 is 2.80 bits per heavy atom. The van der Waals surface area contributed by atoms with Crippen LogP contribution in [0.4, 0.5) is 0 Å². The first kappa shape index (κ1) is 15.5. The molecule has 0 aromatic heterocycles. The summed E-state index contributed by atoms with van der Waals surface area (Å²) >= 11 is 3.44. The molecule has 0 bridgehead atoms. The van der Waals surface area contributed by atoms with Crippen molar-refractivity contribution in [3.05, 3.63) is 34.3 Å². The maximum atomic E-state index is 12.1. The van der Waals surface area contributed by atoms with E-state index in [9.17, 15) is 4.79 Å². The number of halogens is 1. The average molecular weight is 339 g/mol. The molecule has 1 saturated heterocycles. The van der Waals surface area contributed by atoms with E-state index < -0.39 is 0 Å². The van der Waals surface area contributed by atoms with Gasteiger partial charge in [0.15, 0.2) is 0 Å². The number of benzene rings is 1. The molecule has 1 aliphatic rings. The molecule has 0 radical (unpaired) electrons. The molecule has 2 N–H and O–H groups in total. The predicted molar refractivity (Wildman–Crippen MR) is 85.5 cm³/mol. The first-order chi connectivity index (χ1) is 9.69. The van der Waals surface area contributed by atoms with Crippen molar-refractivity contribution in [2.24, 2.45) is 5.92 Å². The molecule has 1 fully saturated rings. The van der Waals surface area contributed by atoms with Gasteiger partial charge in [0.05, 0.1) is 6.04 Å². The molecule has 2 atom stereocenters. The van der Waals surface area contributed by atoms with Gasteiger partial charge in [-0.05, 0) is 56.0 Å². The summed E-state index contributed by atoms with van der Waals surface area (Å²) in [6.45, 7) is 4.27. The zero-order valence-electron chi connectivity index (χ0n) is 12.0. The third kappa shape index (κ3) is 4.60. The van der Waals surface area contributed by atoms with Crippen LogP contribution in [0.15, 0.2) is 28.7 Å². The highest BCUT2D eigenvalue weighted by molar-refractivity contribution is 9.10. The third-order valence-electron chi connectivity index (χ3n) is 3.96. The molecular formula is C16H23BrN2O. The standard InChI is InChI=1S/C16H23BrN2O/c1-2-15(13-4-6-14(17)7-5-13)19-16(20)8-3-12-9-10-18-11-12/h4-7,12,15,18H,2-3,8-11H2,1H3,(H,19,20). The topological polar surface area (TPSA) is 41.1 Å². The predicted octanol–water partition coefficient (Wildman–Crippen LogP) is 3.41. The summed E-state index contributed by atoms with van der Waals surface area (Å²) in [7, 11) is 0. The van der Waals surface area contributed by atoms with E-state index in [0.717, 1.165) is 30.4 Å². The fourth-order valence-corrected chi connectivity index (χ4v) is 2.94. The van der Waals surface area contributed by atoms with E-state index in [4.69, 9.17) is 0 Å². The van der Waals surface area contributed by atoms with Gasteiger partial charge in [-0.15, -0.1) is 0 Å². The van der Waals surface area contributed by atoms with Crippen molar-refractivity contribution < 1.29 is 4.79 Å². The molecule has 3 nitrogen and oxygen atoms in total. The summed E-state index contributed by atoms with van der Waals surface area (Å²) in [6, 6.07) is 8.30. The zero-order chi connectivity index (χ0) is 14.4. The summed E-state index contributed by atoms with van der Waals surface area (Å²) < 4.78 is 1.07. The Morgan fingerprint density at radius 2 is 2.20 bits per heavy atom. The van der Waals surface area contributed by atoms with Crippen LogP contribution in [0.1, 0.15) is 44.2 Å². The van der Waals surface area contributed by atoms with Gasteiger partial charge in [-0.1, -0.05) is 35.0 Å². The summed E-state index contributed by atoms with van der Waals surface area (Å²) in [5.41, 5.74) is 1.17. The van der Waals surface area contributed by atoms with Gasteiger partial charge in [-0.3, -0.25) is 4.79 Å². The lowest BCUT2D eigenvalue weighted by molar-refractivity contribution is -0.122. The van der Waals surface area contributed by atoms with E-state index in [-0.39, 0.29) is 11.9 Å². The molecule has 1 heterocycles. The molecule has 2 unspecified atom stereocenters. The maximum absolute atomic E-state index is 12.1. The van der Waals surface area contributed by atoms with Crippen LogP contribution in [0.5, 0.6) is 0 Å². The van der Waals surface area contributed by atoms with E-state index in [1.54, 1.807) is 0 Å². The number of amides is 1. The highest BCUT2D eigenvalue weighted by Gasteiger charge is 2.17. The van der Waals surface area contributed by atoms with Crippen LogP contribution in [0.25, 0.3) is 0 Å².